The molecule has 11 aromatic rings. The molecule has 3 aromatic heterocycles. The van der Waals surface area contributed by atoms with Crippen molar-refractivity contribution in [2.24, 2.45) is 0 Å². The zero-order chi connectivity index (χ0) is 34.8. The molecular weight excluding hydrogens is 677 g/mol. The SMILES string of the molecule is c1ccc2c(c1)Oc1ccccc1N2c1cc2c3c4c1c1ccccc1n4-c1cc4c(cc1B3n1c3ccccc3c3cccc-2c31)sc1ccccc14. The van der Waals surface area contributed by atoms with Crippen molar-refractivity contribution in [3.63, 3.8) is 0 Å². The molecule has 6 heterocycles. The van der Waals surface area contributed by atoms with Gasteiger partial charge in [0.05, 0.1) is 28.1 Å². The van der Waals surface area contributed by atoms with Gasteiger partial charge in [0.1, 0.15) is 0 Å². The number of hydrogen-bond acceptors (Lipinski definition) is 3. The molecule has 14 rings (SSSR count). The largest absolute Gasteiger partial charge is 0.453 e. The summed E-state index contributed by atoms with van der Waals surface area (Å²) < 4.78 is 14.5. The number of para-hydroxylation sites is 7. The zero-order valence-corrected chi connectivity index (χ0v) is 29.6. The van der Waals surface area contributed by atoms with Crippen LogP contribution in [0.5, 0.6) is 11.5 Å². The second-order valence-electron chi connectivity index (χ2n) is 14.8. The Morgan fingerprint density at radius 1 is 0.463 bits per heavy atom. The Hall–Kier alpha value is -6.76. The Morgan fingerprint density at radius 3 is 1.98 bits per heavy atom. The van der Waals surface area contributed by atoms with E-state index in [2.05, 4.69) is 172 Å². The van der Waals surface area contributed by atoms with E-state index in [1.54, 1.807) is 0 Å². The van der Waals surface area contributed by atoms with Crippen LogP contribution in [0.2, 0.25) is 0 Å². The van der Waals surface area contributed by atoms with Gasteiger partial charge in [-0.25, -0.2) is 0 Å². The molecule has 0 saturated heterocycles. The van der Waals surface area contributed by atoms with Crippen LogP contribution >= 0.6 is 11.3 Å². The predicted octanol–water partition coefficient (Wildman–Crippen LogP) is 11.8. The number of nitrogens with zero attached hydrogens (tertiary/aromatic N) is 3. The molecular formula is C48H26BN3OS. The summed E-state index contributed by atoms with van der Waals surface area (Å²) in [5, 5.41) is 7.73. The molecule has 0 N–H and O–H groups in total. The van der Waals surface area contributed by atoms with Crippen molar-refractivity contribution in [1.29, 1.82) is 0 Å². The predicted molar refractivity (Wildman–Crippen MR) is 227 cm³/mol. The molecule has 0 radical (unpaired) electrons. The van der Waals surface area contributed by atoms with Crippen molar-refractivity contribution in [3.8, 4) is 28.3 Å². The molecule has 0 saturated carbocycles. The minimum absolute atomic E-state index is 0.0143. The van der Waals surface area contributed by atoms with E-state index in [-0.39, 0.29) is 6.85 Å². The van der Waals surface area contributed by atoms with E-state index in [0.717, 1.165) is 28.6 Å². The van der Waals surface area contributed by atoms with Gasteiger partial charge in [0.2, 0.25) is 0 Å². The molecule has 8 aromatic carbocycles. The fourth-order valence-corrected chi connectivity index (χ4v) is 11.3. The van der Waals surface area contributed by atoms with E-state index >= 15 is 0 Å². The Balaban J connectivity index is 1.24. The Kier molecular flexibility index (Phi) is 4.95. The highest BCUT2D eigenvalue weighted by Crippen LogP contribution is 2.55. The number of ether oxygens (including phenoxy) is 1. The van der Waals surface area contributed by atoms with Crippen molar-refractivity contribution in [3.05, 3.63) is 158 Å². The van der Waals surface area contributed by atoms with Crippen LogP contribution in [0, 0.1) is 0 Å². The van der Waals surface area contributed by atoms with Crippen molar-refractivity contribution in [2.75, 3.05) is 4.90 Å². The average molecular weight is 704 g/mol. The van der Waals surface area contributed by atoms with Gasteiger partial charge in [0.15, 0.2) is 11.5 Å². The van der Waals surface area contributed by atoms with Crippen molar-refractivity contribution < 1.29 is 4.74 Å². The molecule has 0 unspecified atom stereocenters. The average Bonchev–Trinajstić information content (AvgIpc) is 3.88. The van der Waals surface area contributed by atoms with Gasteiger partial charge in [-0.15, -0.1) is 11.3 Å². The number of aromatic nitrogens is 2. The van der Waals surface area contributed by atoms with Gasteiger partial charge in [-0.05, 0) is 77.2 Å². The highest BCUT2D eigenvalue weighted by molar-refractivity contribution is 7.26. The maximum Gasteiger partial charge on any atom is 0.333 e. The molecule has 0 aliphatic carbocycles. The van der Waals surface area contributed by atoms with Crippen molar-refractivity contribution >= 4 is 110 Å². The first-order valence-corrected chi connectivity index (χ1v) is 19.4. The molecule has 0 fully saturated rings. The lowest BCUT2D eigenvalue weighted by atomic mass is 9.45. The fraction of sp³-hybridized carbons (Fsp3) is 0. The smallest absolute Gasteiger partial charge is 0.333 e. The second kappa shape index (κ2) is 9.61. The lowest BCUT2D eigenvalue weighted by molar-refractivity contribution is 0.477. The third kappa shape index (κ3) is 3.20. The maximum atomic E-state index is 6.57. The van der Waals surface area contributed by atoms with Crippen LogP contribution in [0.1, 0.15) is 0 Å². The molecule has 4 nitrogen and oxygen atoms in total. The molecule has 0 bridgehead atoms. The molecule has 3 aliphatic rings. The van der Waals surface area contributed by atoms with E-state index in [0.29, 0.717) is 0 Å². The molecule has 0 spiro atoms. The van der Waals surface area contributed by atoms with Crippen LogP contribution in [-0.4, -0.2) is 15.9 Å². The first-order valence-electron chi connectivity index (χ1n) is 18.6. The lowest BCUT2D eigenvalue weighted by Gasteiger charge is -2.37. The minimum atomic E-state index is -0.0143. The van der Waals surface area contributed by atoms with E-state index in [1.165, 1.54) is 91.5 Å². The highest BCUT2D eigenvalue weighted by Gasteiger charge is 2.43. The molecule has 3 aliphatic heterocycles. The zero-order valence-electron chi connectivity index (χ0n) is 28.7. The summed E-state index contributed by atoms with van der Waals surface area (Å²) in [4.78, 5) is 2.45. The third-order valence-corrected chi connectivity index (χ3v) is 13.4. The topological polar surface area (TPSA) is 22.3 Å². The van der Waals surface area contributed by atoms with Crippen LogP contribution in [0.3, 0.4) is 0 Å². The summed E-state index contributed by atoms with van der Waals surface area (Å²) in [7, 11) is 0. The molecule has 0 atom stereocenters. The van der Waals surface area contributed by atoms with Crippen LogP contribution < -0.4 is 20.6 Å². The van der Waals surface area contributed by atoms with E-state index < -0.39 is 0 Å². The number of benzene rings is 8. The monoisotopic (exact) mass is 703 g/mol. The second-order valence-corrected chi connectivity index (χ2v) is 15.9. The van der Waals surface area contributed by atoms with Gasteiger partial charge in [0, 0.05) is 64.0 Å². The van der Waals surface area contributed by atoms with Gasteiger partial charge in [0.25, 0.3) is 0 Å². The van der Waals surface area contributed by atoms with Crippen LogP contribution in [0.25, 0.3) is 80.6 Å². The van der Waals surface area contributed by atoms with Gasteiger partial charge in [-0.1, -0.05) is 97.1 Å². The van der Waals surface area contributed by atoms with Gasteiger partial charge in [-0.3, -0.25) is 0 Å². The van der Waals surface area contributed by atoms with Crippen LogP contribution in [0.15, 0.2) is 158 Å². The summed E-state index contributed by atoms with van der Waals surface area (Å²) in [6.07, 6.45) is 0. The molecule has 248 valence electrons. The minimum Gasteiger partial charge on any atom is -0.453 e. The highest BCUT2D eigenvalue weighted by atomic mass is 32.1. The number of anilines is 3. The Labute approximate surface area is 313 Å². The lowest BCUT2D eigenvalue weighted by Crippen LogP contribution is -2.55. The van der Waals surface area contributed by atoms with Gasteiger partial charge in [-0.2, -0.15) is 0 Å². The van der Waals surface area contributed by atoms with Crippen LogP contribution in [0.4, 0.5) is 17.1 Å². The van der Waals surface area contributed by atoms with Gasteiger partial charge < -0.3 is 18.7 Å². The normalized spacial score (nSPS) is 13.6. The number of thiophene rings is 1. The number of fused-ring (bicyclic) bond motifs is 16. The fourth-order valence-electron chi connectivity index (χ4n) is 10.2. The number of hydrogen-bond donors (Lipinski definition) is 0. The molecule has 6 heteroatoms. The van der Waals surface area contributed by atoms with Crippen LogP contribution in [-0.2, 0) is 0 Å². The summed E-state index contributed by atoms with van der Waals surface area (Å²) in [5.41, 5.74) is 14.8. The Morgan fingerprint density at radius 2 is 1.15 bits per heavy atom. The third-order valence-electron chi connectivity index (χ3n) is 12.2. The van der Waals surface area contributed by atoms with E-state index in [4.69, 9.17) is 4.74 Å². The van der Waals surface area contributed by atoms with Crippen molar-refractivity contribution in [1.82, 2.24) is 9.05 Å². The van der Waals surface area contributed by atoms with E-state index in [1.807, 2.05) is 11.3 Å². The number of rotatable bonds is 1. The maximum absolute atomic E-state index is 6.57. The molecule has 0 amide bonds. The summed E-state index contributed by atoms with van der Waals surface area (Å²) in [6.45, 7) is -0.0143. The first-order chi connectivity index (χ1) is 26.8. The first kappa shape index (κ1) is 27.8. The summed E-state index contributed by atoms with van der Waals surface area (Å²) in [5.74, 6) is 1.71. The van der Waals surface area contributed by atoms with E-state index in [9.17, 15) is 0 Å². The van der Waals surface area contributed by atoms with Gasteiger partial charge >= 0.3 is 6.85 Å². The summed E-state index contributed by atoms with van der Waals surface area (Å²) >= 11 is 1.90. The quantitative estimate of drug-likeness (QED) is 0.159. The Bertz CT molecular complexity index is 3470. The standard InChI is InChI=1S/C48H26BN3OS/c1-5-18-36-27(12-1)29-15-11-16-30-33-25-40(50-37-19-6-8-21-41(37)53-42-22-9-7-20-38(42)50)45-31-14-2-4-17-35(31)51-39-24-32-28-13-3-10-23-43(28)54-44(32)26-34(39)49(46(33)48(45)51)52(36)47(29)30/h1-26H. The van der Waals surface area contributed by atoms with Crippen molar-refractivity contribution in [2.45, 2.75) is 0 Å². The summed E-state index contributed by atoms with van der Waals surface area (Å²) in [6, 6.07) is 58.2. The molecule has 54 heavy (non-hydrogen) atoms.